The van der Waals surface area contributed by atoms with E-state index in [0.717, 1.165) is 29.9 Å². The van der Waals surface area contributed by atoms with E-state index in [1.807, 2.05) is 24.3 Å². The first-order valence-electron chi connectivity index (χ1n) is 12.3. The number of nitrogens with zero attached hydrogens (tertiary/aromatic N) is 3. The van der Waals surface area contributed by atoms with Crippen molar-refractivity contribution in [1.29, 1.82) is 0 Å². The highest BCUT2D eigenvalue weighted by Gasteiger charge is 2.38. The average molecular weight is 571 g/mol. The highest BCUT2D eigenvalue weighted by molar-refractivity contribution is 6.09. The number of hydrogen-bond acceptors (Lipinski definition) is 7. The summed E-state index contributed by atoms with van der Waals surface area (Å²) < 4.78 is 37.1. The number of fused-ring (bicyclic) bond motifs is 1. The van der Waals surface area contributed by atoms with E-state index in [0.29, 0.717) is 42.1 Å². The van der Waals surface area contributed by atoms with Crippen molar-refractivity contribution in [3.05, 3.63) is 83.7 Å². The molecule has 0 radical (unpaired) electrons. The number of aromatic nitrogens is 3. The Morgan fingerprint density at radius 2 is 1.68 bits per heavy atom. The molecule has 1 aliphatic rings. The SMILES string of the molecule is O=C(NCc1cccnc1)c1ccc2[nH]nc(NC(=O)c3ccc(N4CCOCC4)cc3)c2c1.O=C(O)C(F)(F)F. The van der Waals surface area contributed by atoms with Crippen LogP contribution in [0, 0.1) is 0 Å². The summed E-state index contributed by atoms with van der Waals surface area (Å²) in [6, 6.07) is 16.4. The van der Waals surface area contributed by atoms with E-state index in [2.05, 4.69) is 30.7 Å². The molecular weight excluding hydrogens is 545 g/mol. The van der Waals surface area contributed by atoms with Crippen LogP contribution in [-0.2, 0) is 16.1 Å². The molecule has 4 aromatic rings. The van der Waals surface area contributed by atoms with Crippen LogP contribution in [0.4, 0.5) is 24.7 Å². The molecule has 2 aromatic heterocycles. The Balaban J connectivity index is 0.000000493. The molecule has 3 heterocycles. The molecule has 41 heavy (non-hydrogen) atoms. The third-order valence-corrected chi connectivity index (χ3v) is 5.98. The Morgan fingerprint density at radius 3 is 2.32 bits per heavy atom. The quantitative estimate of drug-likeness (QED) is 0.275. The second-order valence-corrected chi connectivity index (χ2v) is 8.78. The number of morpholine rings is 1. The number of ether oxygens (including phenoxy) is 1. The van der Waals surface area contributed by atoms with E-state index in [-0.39, 0.29) is 11.8 Å². The van der Waals surface area contributed by atoms with Crippen LogP contribution in [0.15, 0.2) is 67.0 Å². The van der Waals surface area contributed by atoms with Gasteiger partial charge in [-0.1, -0.05) is 6.07 Å². The van der Waals surface area contributed by atoms with Gasteiger partial charge in [0.05, 0.1) is 18.7 Å². The first-order chi connectivity index (χ1) is 19.6. The van der Waals surface area contributed by atoms with E-state index >= 15 is 0 Å². The largest absolute Gasteiger partial charge is 0.490 e. The number of aromatic amines is 1. The Labute approximate surface area is 231 Å². The summed E-state index contributed by atoms with van der Waals surface area (Å²) in [6.45, 7) is 3.46. The first kappa shape index (κ1) is 29.0. The summed E-state index contributed by atoms with van der Waals surface area (Å²) in [4.78, 5) is 40.7. The fraction of sp³-hybridized carbons (Fsp3) is 0.222. The van der Waals surface area contributed by atoms with E-state index in [1.165, 1.54) is 0 Å². The molecule has 0 unspecified atom stereocenters. The molecule has 5 rings (SSSR count). The van der Waals surface area contributed by atoms with Gasteiger partial charge >= 0.3 is 12.1 Å². The van der Waals surface area contributed by atoms with Crippen LogP contribution in [0.1, 0.15) is 26.3 Å². The van der Waals surface area contributed by atoms with Gasteiger partial charge in [-0.05, 0) is 54.1 Å². The predicted molar refractivity (Wildman–Crippen MR) is 143 cm³/mol. The molecule has 0 spiro atoms. The van der Waals surface area contributed by atoms with Crippen molar-refractivity contribution in [3.63, 3.8) is 0 Å². The standard InChI is InChI=1S/C25H24N6O3.C2HF3O2/c32-24(27-16-17-2-1-9-26-15-17)19-5-8-22-21(14-19)23(30-29-22)28-25(33)18-3-6-20(7-4-18)31-10-12-34-13-11-31;3-2(4,5)1(6)7/h1-9,14-15H,10-13,16H2,(H,27,32)(H2,28,29,30,33);(H,6,7). The number of carboxylic acids is 1. The Morgan fingerprint density at radius 1 is 1.00 bits per heavy atom. The van der Waals surface area contributed by atoms with Gasteiger partial charge in [-0.3, -0.25) is 19.7 Å². The number of hydrogen-bond donors (Lipinski definition) is 4. The lowest BCUT2D eigenvalue weighted by atomic mass is 10.1. The Bertz CT molecular complexity index is 1500. The third-order valence-electron chi connectivity index (χ3n) is 5.98. The molecule has 2 aromatic carbocycles. The molecular formula is C27H25F3N6O5. The number of nitrogens with one attached hydrogen (secondary N) is 3. The smallest absolute Gasteiger partial charge is 0.475 e. The van der Waals surface area contributed by atoms with Crippen molar-refractivity contribution in [2.45, 2.75) is 12.7 Å². The van der Waals surface area contributed by atoms with Gasteiger partial charge in [0.1, 0.15) is 0 Å². The van der Waals surface area contributed by atoms with Crippen molar-refractivity contribution >= 4 is 40.2 Å². The molecule has 14 heteroatoms. The van der Waals surface area contributed by atoms with Crippen LogP contribution in [0.25, 0.3) is 10.9 Å². The fourth-order valence-corrected chi connectivity index (χ4v) is 3.86. The minimum atomic E-state index is -5.08. The van der Waals surface area contributed by atoms with Gasteiger partial charge in [0.15, 0.2) is 5.82 Å². The molecule has 0 atom stereocenters. The topological polar surface area (TPSA) is 150 Å². The second-order valence-electron chi connectivity index (χ2n) is 8.78. The number of anilines is 2. The maximum Gasteiger partial charge on any atom is 0.490 e. The zero-order chi connectivity index (χ0) is 29.4. The third kappa shape index (κ3) is 7.79. The number of halogens is 3. The van der Waals surface area contributed by atoms with Crippen molar-refractivity contribution in [2.24, 2.45) is 0 Å². The summed E-state index contributed by atoms with van der Waals surface area (Å²) >= 11 is 0. The minimum Gasteiger partial charge on any atom is -0.475 e. The highest BCUT2D eigenvalue weighted by atomic mass is 19.4. The number of alkyl halides is 3. The van der Waals surface area contributed by atoms with Gasteiger partial charge in [-0.25, -0.2) is 4.79 Å². The fourth-order valence-electron chi connectivity index (χ4n) is 3.86. The Kier molecular flexibility index (Phi) is 9.14. The van der Waals surface area contributed by atoms with Gasteiger partial charge in [0.2, 0.25) is 0 Å². The predicted octanol–water partition coefficient (Wildman–Crippen LogP) is 3.61. The van der Waals surface area contributed by atoms with E-state index < -0.39 is 12.1 Å². The number of carboxylic acid groups (broad SMARTS) is 1. The van der Waals surface area contributed by atoms with Crippen LogP contribution in [0.2, 0.25) is 0 Å². The van der Waals surface area contributed by atoms with Crippen LogP contribution < -0.4 is 15.5 Å². The van der Waals surface area contributed by atoms with Crippen molar-refractivity contribution in [3.8, 4) is 0 Å². The molecule has 1 fully saturated rings. The van der Waals surface area contributed by atoms with Gasteiger partial charge in [-0.15, -0.1) is 0 Å². The second kappa shape index (κ2) is 12.9. The number of pyridine rings is 1. The van der Waals surface area contributed by atoms with Gasteiger partial charge in [0.25, 0.3) is 11.8 Å². The number of benzene rings is 2. The number of amides is 2. The van der Waals surface area contributed by atoms with E-state index in [9.17, 15) is 22.8 Å². The zero-order valence-electron chi connectivity index (χ0n) is 21.4. The summed E-state index contributed by atoms with van der Waals surface area (Å²) in [6.07, 6.45) is -1.69. The lowest BCUT2D eigenvalue weighted by molar-refractivity contribution is -0.192. The van der Waals surface area contributed by atoms with Crippen LogP contribution >= 0.6 is 0 Å². The number of carbonyl (C=O) groups is 3. The lowest BCUT2D eigenvalue weighted by Crippen LogP contribution is -2.36. The average Bonchev–Trinajstić information content (AvgIpc) is 3.38. The van der Waals surface area contributed by atoms with Crippen molar-refractivity contribution in [2.75, 3.05) is 36.5 Å². The molecule has 2 amide bonds. The maximum absolute atomic E-state index is 12.8. The van der Waals surface area contributed by atoms with E-state index in [4.69, 9.17) is 14.6 Å². The molecule has 0 aliphatic carbocycles. The van der Waals surface area contributed by atoms with Crippen LogP contribution in [0.3, 0.4) is 0 Å². The number of aliphatic carboxylic acids is 1. The molecule has 214 valence electrons. The molecule has 1 aliphatic heterocycles. The normalized spacial score (nSPS) is 13.2. The highest BCUT2D eigenvalue weighted by Crippen LogP contribution is 2.23. The summed E-state index contributed by atoms with van der Waals surface area (Å²) in [5, 5.41) is 20.6. The number of rotatable bonds is 6. The zero-order valence-corrected chi connectivity index (χ0v) is 21.4. The number of H-pyrrole nitrogens is 1. The van der Waals surface area contributed by atoms with E-state index in [1.54, 1.807) is 42.7 Å². The van der Waals surface area contributed by atoms with Crippen molar-refractivity contribution in [1.82, 2.24) is 20.5 Å². The molecule has 0 bridgehead atoms. The monoisotopic (exact) mass is 570 g/mol. The molecule has 4 N–H and O–H groups in total. The van der Waals surface area contributed by atoms with Crippen LogP contribution in [-0.4, -0.2) is 70.6 Å². The summed E-state index contributed by atoms with van der Waals surface area (Å²) in [5.41, 5.74) is 3.70. The van der Waals surface area contributed by atoms with Gasteiger partial charge in [-0.2, -0.15) is 18.3 Å². The molecule has 1 saturated heterocycles. The van der Waals surface area contributed by atoms with Crippen molar-refractivity contribution < 1.29 is 37.4 Å². The Hall–Kier alpha value is -4.98. The van der Waals surface area contributed by atoms with Gasteiger partial charge < -0.3 is 25.4 Å². The first-order valence-corrected chi connectivity index (χ1v) is 12.3. The maximum atomic E-state index is 12.8. The van der Waals surface area contributed by atoms with Gasteiger partial charge in [0, 0.05) is 54.2 Å². The lowest BCUT2D eigenvalue weighted by Gasteiger charge is -2.28. The number of carbonyl (C=O) groups excluding carboxylic acids is 2. The molecule has 11 nitrogen and oxygen atoms in total. The summed E-state index contributed by atoms with van der Waals surface area (Å²) in [5.74, 6) is -2.87. The minimum absolute atomic E-state index is 0.220. The summed E-state index contributed by atoms with van der Waals surface area (Å²) in [7, 11) is 0. The molecule has 0 saturated carbocycles. The van der Waals surface area contributed by atoms with Crippen LogP contribution in [0.5, 0.6) is 0 Å².